The van der Waals surface area contributed by atoms with Gasteiger partial charge >= 0.3 is 0 Å². The monoisotopic (exact) mass is 577 g/mol. The molecule has 0 radical (unpaired) electrons. The van der Waals surface area contributed by atoms with Crippen molar-refractivity contribution in [3.8, 4) is 0 Å². The zero-order chi connectivity index (χ0) is 30.4. The fraction of sp³-hybridized carbons (Fsp3) is 0.323. The molecule has 1 unspecified atom stereocenters. The maximum Gasteiger partial charge on any atom is 0.248 e. The van der Waals surface area contributed by atoms with Gasteiger partial charge in [0.1, 0.15) is 29.5 Å². The van der Waals surface area contributed by atoms with Crippen LogP contribution in [-0.4, -0.2) is 63.6 Å². The maximum absolute atomic E-state index is 12.8. The number of carbonyl (C=O) groups excluding carboxylic acids is 4. The number of amides is 4. The Balaban J connectivity index is 0.000000437. The smallest absolute Gasteiger partial charge is 0.248 e. The number of halogens is 2. The summed E-state index contributed by atoms with van der Waals surface area (Å²) in [7, 11) is 0. The fourth-order valence-electron chi connectivity index (χ4n) is 5.19. The second-order valence-electron chi connectivity index (χ2n) is 10.7. The first-order chi connectivity index (χ1) is 19.9. The lowest BCUT2D eigenvalue weighted by Gasteiger charge is -2.45. The van der Waals surface area contributed by atoms with Gasteiger partial charge in [-0.25, -0.2) is 13.8 Å². The van der Waals surface area contributed by atoms with E-state index in [4.69, 9.17) is 0 Å². The predicted octanol–water partition coefficient (Wildman–Crippen LogP) is 3.81. The Hall–Kier alpha value is -4.67. The molecule has 1 atom stereocenters. The van der Waals surface area contributed by atoms with Crippen molar-refractivity contribution < 1.29 is 28.0 Å². The van der Waals surface area contributed by atoms with Crippen molar-refractivity contribution in [3.63, 3.8) is 0 Å². The third kappa shape index (κ3) is 7.34. The molecule has 1 aromatic heterocycles. The number of pyridine rings is 1. The molecule has 2 N–H and O–H groups in total. The van der Waals surface area contributed by atoms with E-state index in [0.717, 1.165) is 17.2 Å². The van der Waals surface area contributed by atoms with Crippen molar-refractivity contribution in [3.05, 3.63) is 89.6 Å². The highest BCUT2D eigenvalue weighted by atomic mass is 19.1. The van der Waals surface area contributed by atoms with Crippen LogP contribution in [0.3, 0.4) is 0 Å². The van der Waals surface area contributed by atoms with Gasteiger partial charge in [-0.2, -0.15) is 0 Å². The van der Waals surface area contributed by atoms with E-state index >= 15 is 0 Å². The van der Waals surface area contributed by atoms with Crippen LogP contribution in [0, 0.1) is 17.6 Å². The lowest BCUT2D eigenvalue weighted by molar-refractivity contribution is -0.158. The molecule has 1 aliphatic carbocycles. The number of rotatable bonds is 5. The quantitative estimate of drug-likeness (QED) is 0.479. The summed E-state index contributed by atoms with van der Waals surface area (Å²) in [5.74, 6) is -1.53. The molecule has 1 fully saturated rings. The summed E-state index contributed by atoms with van der Waals surface area (Å²) in [6.07, 6.45) is 2.84. The molecule has 42 heavy (non-hydrogen) atoms. The molecule has 9 nitrogen and oxygen atoms in total. The standard InChI is InChI=1S/C25H29N5O4.C6H4F2/c1-16(31)30-11-10-29(24(34)25(30,2)3)15-22(32)27-20-8-7-17-12-19(13-18(17)14-20)23(33)28-21-6-4-5-9-26-21;7-5-2-1-3-6(8)4-5/h4-9,14,19H,10-13,15H2,1-3H3,(H,27,32)(H,26,28,33);1-4H. The number of aromatic nitrogens is 1. The highest BCUT2D eigenvalue weighted by molar-refractivity contribution is 5.98. The number of piperazine rings is 1. The minimum Gasteiger partial charge on any atom is -0.330 e. The van der Waals surface area contributed by atoms with Crippen molar-refractivity contribution in [2.75, 3.05) is 30.3 Å². The van der Waals surface area contributed by atoms with Crippen LogP contribution in [0.25, 0.3) is 0 Å². The molecule has 2 aliphatic rings. The van der Waals surface area contributed by atoms with Crippen LogP contribution < -0.4 is 10.6 Å². The van der Waals surface area contributed by atoms with Gasteiger partial charge in [0.25, 0.3) is 0 Å². The second kappa shape index (κ2) is 12.9. The van der Waals surface area contributed by atoms with E-state index in [0.29, 0.717) is 37.4 Å². The van der Waals surface area contributed by atoms with Crippen LogP contribution >= 0.6 is 0 Å². The molecule has 1 aliphatic heterocycles. The van der Waals surface area contributed by atoms with Gasteiger partial charge in [-0.1, -0.05) is 18.2 Å². The van der Waals surface area contributed by atoms with Gasteiger partial charge in [0.05, 0.1) is 0 Å². The Morgan fingerprint density at radius 3 is 2.26 bits per heavy atom. The molecule has 0 bridgehead atoms. The van der Waals surface area contributed by atoms with Crippen LogP contribution in [0.1, 0.15) is 31.9 Å². The number of nitrogens with one attached hydrogen (secondary N) is 2. The summed E-state index contributed by atoms with van der Waals surface area (Å²) >= 11 is 0. The number of benzene rings is 2. The summed E-state index contributed by atoms with van der Waals surface area (Å²) in [5, 5.41) is 5.71. The molecule has 0 spiro atoms. The SMILES string of the molecule is CC(=O)N1CCN(CC(=O)Nc2ccc3c(c2)CC(C(=O)Nc2ccccn2)C3)C(=O)C1(C)C.Fc1cccc(F)c1. The molecule has 0 saturated carbocycles. The molecule has 220 valence electrons. The molecule has 4 amide bonds. The third-order valence-corrected chi connectivity index (χ3v) is 7.29. The summed E-state index contributed by atoms with van der Waals surface area (Å²) in [6.45, 7) is 5.45. The van der Waals surface area contributed by atoms with E-state index in [-0.39, 0.29) is 36.1 Å². The van der Waals surface area contributed by atoms with Crippen molar-refractivity contribution in [1.29, 1.82) is 0 Å². The Bertz CT molecular complexity index is 1460. The summed E-state index contributed by atoms with van der Waals surface area (Å²) in [5.41, 5.74) is 1.74. The van der Waals surface area contributed by atoms with Crippen LogP contribution in [0.5, 0.6) is 0 Å². The van der Waals surface area contributed by atoms with Crippen molar-refractivity contribution in [2.45, 2.75) is 39.2 Å². The Labute approximate surface area is 242 Å². The van der Waals surface area contributed by atoms with Crippen molar-refractivity contribution in [1.82, 2.24) is 14.8 Å². The fourth-order valence-corrected chi connectivity index (χ4v) is 5.19. The zero-order valence-corrected chi connectivity index (χ0v) is 23.7. The van der Waals surface area contributed by atoms with E-state index in [1.54, 1.807) is 32.2 Å². The number of carbonyl (C=O) groups is 4. The summed E-state index contributed by atoms with van der Waals surface area (Å²) in [6, 6.07) is 15.5. The van der Waals surface area contributed by atoms with Gasteiger partial charge in [-0.05, 0) is 74.2 Å². The van der Waals surface area contributed by atoms with E-state index in [9.17, 15) is 28.0 Å². The average molecular weight is 578 g/mol. The van der Waals surface area contributed by atoms with Gasteiger partial charge in [0, 0.05) is 43.9 Å². The molecular weight excluding hydrogens is 544 g/mol. The van der Waals surface area contributed by atoms with E-state index < -0.39 is 17.2 Å². The van der Waals surface area contributed by atoms with E-state index in [2.05, 4.69) is 15.6 Å². The average Bonchev–Trinajstić information content (AvgIpc) is 3.36. The molecule has 1 saturated heterocycles. The Kier molecular flexibility index (Phi) is 9.29. The van der Waals surface area contributed by atoms with Gasteiger partial charge in [-0.3, -0.25) is 19.2 Å². The number of anilines is 2. The Morgan fingerprint density at radius 1 is 0.929 bits per heavy atom. The first kappa shape index (κ1) is 30.3. The first-order valence-corrected chi connectivity index (χ1v) is 13.6. The highest BCUT2D eigenvalue weighted by Gasteiger charge is 2.43. The van der Waals surface area contributed by atoms with E-state index in [1.807, 2.05) is 24.3 Å². The maximum atomic E-state index is 12.8. The minimum absolute atomic E-state index is 0.0775. The summed E-state index contributed by atoms with van der Waals surface area (Å²) < 4.78 is 23.9. The van der Waals surface area contributed by atoms with Crippen molar-refractivity contribution in [2.24, 2.45) is 5.92 Å². The molecular formula is C31H33F2N5O4. The molecule has 2 heterocycles. The topological polar surface area (TPSA) is 112 Å². The first-order valence-electron chi connectivity index (χ1n) is 13.6. The van der Waals surface area contributed by atoms with Gasteiger partial charge < -0.3 is 20.4 Å². The predicted molar refractivity (Wildman–Crippen MR) is 153 cm³/mol. The number of fused-ring (bicyclic) bond motifs is 1. The van der Waals surface area contributed by atoms with Gasteiger partial charge in [-0.15, -0.1) is 0 Å². The Morgan fingerprint density at radius 2 is 1.64 bits per heavy atom. The van der Waals surface area contributed by atoms with Gasteiger partial charge in [0.2, 0.25) is 23.6 Å². The number of hydrogen-bond donors (Lipinski definition) is 2. The summed E-state index contributed by atoms with van der Waals surface area (Å²) in [4.78, 5) is 57.1. The minimum atomic E-state index is -0.983. The zero-order valence-electron chi connectivity index (χ0n) is 23.7. The number of hydrogen-bond acceptors (Lipinski definition) is 5. The van der Waals surface area contributed by atoms with Crippen LogP contribution in [0.15, 0.2) is 66.9 Å². The third-order valence-electron chi connectivity index (χ3n) is 7.29. The van der Waals surface area contributed by atoms with Crippen LogP contribution in [-0.2, 0) is 32.0 Å². The molecule has 11 heteroatoms. The normalized spacial score (nSPS) is 17.1. The van der Waals surface area contributed by atoms with Crippen molar-refractivity contribution >= 4 is 35.1 Å². The van der Waals surface area contributed by atoms with E-state index in [1.165, 1.54) is 34.9 Å². The lowest BCUT2D eigenvalue weighted by atomic mass is 9.97. The molecule has 2 aromatic carbocycles. The number of nitrogens with zero attached hydrogens (tertiary/aromatic N) is 3. The lowest BCUT2D eigenvalue weighted by Crippen LogP contribution is -2.64. The van der Waals surface area contributed by atoms with Gasteiger partial charge in [0.15, 0.2) is 0 Å². The highest BCUT2D eigenvalue weighted by Crippen LogP contribution is 2.30. The second-order valence-corrected chi connectivity index (χ2v) is 10.7. The molecule has 3 aromatic rings. The molecule has 5 rings (SSSR count). The largest absolute Gasteiger partial charge is 0.330 e. The van der Waals surface area contributed by atoms with Crippen LogP contribution in [0.2, 0.25) is 0 Å². The van der Waals surface area contributed by atoms with Crippen LogP contribution in [0.4, 0.5) is 20.3 Å².